The number of nitrogens with zero attached hydrogens (tertiary/aromatic N) is 2. The topological polar surface area (TPSA) is 65.4 Å². The normalized spacial score (nSPS) is 12.7. The number of hydrogen-bond donors (Lipinski definition) is 1. The molecule has 3 aromatic rings. The summed E-state index contributed by atoms with van der Waals surface area (Å²) in [5.74, 6) is -0.167. The van der Waals surface area contributed by atoms with Crippen LogP contribution in [0.2, 0.25) is 0 Å². The van der Waals surface area contributed by atoms with Gasteiger partial charge in [0.15, 0.2) is 34.7 Å². The quantitative estimate of drug-likeness (QED) is 0.669. The van der Waals surface area contributed by atoms with Gasteiger partial charge in [0.25, 0.3) is 0 Å². The molecule has 29 heavy (non-hydrogen) atoms. The van der Waals surface area contributed by atoms with Crippen molar-refractivity contribution in [3.63, 3.8) is 0 Å². The minimum absolute atomic E-state index is 0.0197. The Balaban J connectivity index is 1.69. The van der Waals surface area contributed by atoms with Crippen LogP contribution >= 0.6 is 0 Å². The van der Waals surface area contributed by atoms with E-state index >= 15 is 0 Å². The van der Waals surface area contributed by atoms with Crippen molar-refractivity contribution in [2.75, 3.05) is 18.5 Å². The first-order chi connectivity index (χ1) is 14.0. The van der Waals surface area contributed by atoms with Gasteiger partial charge in [0.05, 0.1) is 5.69 Å². The average Bonchev–Trinajstić information content (AvgIpc) is 3.12. The highest BCUT2D eigenvalue weighted by Crippen LogP contribution is 2.35. The summed E-state index contributed by atoms with van der Waals surface area (Å²) >= 11 is 0. The van der Waals surface area contributed by atoms with Crippen LogP contribution in [0.4, 0.5) is 20.3 Å². The van der Waals surface area contributed by atoms with E-state index < -0.39 is 11.6 Å². The smallest absolute Gasteiger partial charge is 0.162 e. The number of carbonyl (C=O) groups is 1. The lowest BCUT2D eigenvalue weighted by molar-refractivity contribution is -0.119. The number of fused-ring (bicyclic) bond motifs is 1. The number of halogens is 2. The van der Waals surface area contributed by atoms with Gasteiger partial charge >= 0.3 is 0 Å². The lowest BCUT2D eigenvalue weighted by Crippen LogP contribution is -2.15. The van der Waals surface area contributed by atoms with Gasteiger partial charge in [-0.05, 0) is 30.3 Å². The fourth-order valence-corrected chi connectivity index (χ4v) is 3.03. The van der Waals surface area contributed by atoms with E-state index in [0.29, 0.717) is 48.3 Å². The van der Waals surface area contributed by atoms with Gasteiger partial charge < -0.3 is 14.8 Å². The minimum Gasteiger partial charge on any atom is -0.486 e. The lowest BCUT2D eigenvalue weighted by atomic mass is 10.1. The van der Waals surface area contributed by atoms with Gasteiger partial charge in [0.1, 0.15) is 19.8 Å². The molecule has 150 valence electrons. The standard InChI is InChI=1S/C21H19F2N3O3/c1-2-15(27)12-26-18(13-3-6-19-20(9-13)29-8-7-28-19)11-21(25-26)24-14-4-5-16(22)17(23)10-14/h3-6,9-11H,2,7-8,12H2,1H3,(H,24,25). The van der Waals surface area contributed by atoms with Gasteiger partial charge in [-0.25, -0.2) is 8.78 Å². The Morgan fingerprint density at radius 2 is 1.86 bits per heavy atom. The molecule has 0 bridgehead atoms. The molecular formula is C21H19F2N3O3. The summed E-state index contributed by atoms with van der Waals surface area (Å²) in [5.41, 5.74) is 1.84. The number of rotatable bonds is 6. The summed E-state index contributed by atoms with van der Waals surface area (Å²) in [6, 6.07) is 10.8. The monoisotopic (exact) mass is 399 g/mol. The summed E-state index contributed by atoms with van der Waals surface area (Å²) in [4.78, 5) is 12.0. The molecule has 0 unspecified atom stereocenters. The molecule has 1 N–H and O–H groups in total. The lowest BCUT2D eigenvalue weighted by Gasteiger charge is -2.19. The maximum absolute atomic E-state index is 13.5. The number of hydrogen-bond acceptors (Lipinski definition) is 5. The van der Waals surface area contributed by atoms with Crippen LogP contribution in [0.15, 0.2) is 42.5 Å². The predicted octanol–water partition coefficient (Wildman–Crippen LogP) is 4.32. The fraction of sp³-hybridized carbons (Fsp3) is 0.238. The second-order valence-electron chi connectivity index (χ2n) is 6.58. The van der Waals surface area contributed by atoms with Crippen molar-refractivity contribution in [1.29, 1.82) is 0 Å². The summed E-state index contributed by atoms with van der Waals surface area (Å²) in [6.07, 6.45) is 0.381. The molecule has 1 aliphatic rings. The number of aromatic nitrogens is 2. The molecule has 0 saturated heterocycles. The maximum Gasteiger partial charge on any atom is 0.162 e. The number of ether oxygens (including phenoxy) is 2. The molecule has 2 aromatic carbocycles. The SMILES string of the molecule is CCC(=O)Cn1nc(Nc2ccc(F)c(F)c2)cc1-c1ccc2c(c1)OCCO2. The van der Waals surface area contributed by atoms with Crippen LogP contribution in [0.1, 0.15) is 13.3 Å². The molecule has 0 aliphatic carbocycles. The molecule has 0 atom stereocenters. The van der Waals surface area contributed by atoms with E-state index in [4.69, 9.17) is 9.47 Å². The third-order valence-electron chi connectivity index (χ3n) is 4.53. The zero-order chi connectivity index (χ0) is 20.4. The van der Waals surface area contributed by atoms with E-state index in [1.807, 2.05) is 18.2 Å². The van der Waals surface area contributed by atoms with Crippen molar-refractivity contribution in [3.8, 4) is 22.8 Å². The Kier molecular flexibility index (Phi) is 5.16. The molecule has 0 radical (unpaired) electrons. The van der Waals surface area contributed by atoms with E-state index in [2.05, 4.69) is 10.4 Å². The molecule has 0 amide bonds. The van der Waals surface area contributed by atoms with E-state index in [1.165, 1.54) is 6.07 Å². The summed E-state index contributed by atoms with van der Waals surface area (Å²) in [6.45, 7) is 2.85. The molecule has 0 spiro atoms. The fourth-order valence-electron chi connectivity index (χ4n) is 3.03. The highest BCUT2D eigenvalue weighted by molar-refractivity contribution is 5.79. The van der Waals surface area contributed by atoms with Crippen LogP contribution in [-0.4, -0.2) is 28.8 Å². The highest BCUT2D eigenvalue weighted by Gasteiger charge is 2.17. The van der Waals surface area contributed by atoms with Crippen molar-refractivity contribution >= 4 is 17.3 Å². The Labute approximate surface area is 166 Å². The van der Waals surface area contributed by atoms with Crippen LogP contribution in [0.25, 0.3) is 11.3 Å². The van der Waals surface area contributed by atoms with Gasteiger partial charge in [-0.1, -0.05) is 6.92 Å². The Bertz CT molecular complexity index is 1070. The summed E-state index contributed by atoms with van der Waals surface area (Å²) in [7, 11) is 0. The van der Waals surface area contributed by atoms with Crippen LogP contribution in [0.5, 0.6) is 11.5 Å². The molecule has 8 heteroatoms. The Hall–Kier alpha value is -3.42. The first kappa shape index (κ1) is 18.9. The first-order valence-electron chi connectivity index (χ1n) is 9.25. The molecule has 1 aliphatic heterocycles. The van der Waals surface area contributed by atoms with Gasteiger partial charge in [-0.15, -0.1) is 0 Å². The molecule has 4 rings (SSSR count). The second-order valence-corrected chi connectivity index (χ2v) is 6.58. The number of carbonyl (C=O) groups excluding carboxylic acids is 1. The molecular weight excluding hydrogens is 380 g/mol. The van der Waals surface area contributed by atoms with E-state index in [-0.39, 0.29) is 12.3 Å². The van der Waals surface area contributed by atoms with E-state index in [0.717, 1.165) is 17.7 Å². The maximum atomic E-state index is 13.5. The van der Waals surface area contributed by atoms with Crippen molar-refractivity contribution in [3.05, 3.63) is 54.1 Å². The third-order valence-corrected chi connectivity index (χ3v) is 4.53. The van der Waals surface area contributed by atoms with E-state index in [1.54, 1.807) is 17.7 Å². The van der Waals surface area contributed by atoms with Gasteiger partial charge in [-0.3, -0.25) is 9.48 Å². The van der Waals surface area contributed by atoms with Crippen molar-refractivity contribution in [2.24, 2.45) is 0 Å². The predicted molar refractivity (Wildman–Crippen MR) is 104 cm³/mol. The van der Waals surface area contributed by atoms with Crippen LogP contribution in [0.3, 0.4) is 0 Å². The Morgan fingerprint density at radius 3 is 2.62 bits per heavy atom. The number of Topliss-reactive ketones (excluding diaryl/α,β-unsaturated/α-hetero) is 1. The number of nitrogens with one attached hydrogen (secondary N) is 1. The zero-order valence-corrected chi connectivity index (χ0v) is 15.7. The number of benzene rings is 2. The molecule has 0 fully saturated rings. The van der Waals surface area contributed by atoms with Crippen molar-refractivity contribution in [2.45, 2.75) is 19.9 Å². The second kappa shape index (κ2) is 7.90. The molecule has 1 aromatic heterocycles. The largest absolute Gasteiger partial charge is 0.486 e. The van der Waals surface area contributed by atoms with Gasteiger partial charge in [-0.2, -0.15) is 5.10 Å². The van der Waals surface area contributed by atoms with Crippen molar-refractivity contribution < 1.29 is 23.0 Å². The van der Waals surface area contributed by atoms with E-state index in [9.17, 15) is 13.6 Å². The first-order valence-corrected chi connectivity index (χ1v) is 9.25. The van der Waals surface area contributed by atoms with Crippen LogP contribution in [-0.2, 0) is 11.3 Å². The zero-order valence-electron chi connectivity index (χ0n) is 15.7. The summed E-state index contributed by atoms with van der Waals surface area (Å²) < 4.78 is 39.4. The molecule has 2 heterocycles. The van der Waals surface area contributed by atoms with Crippen molar-refractivity contribution in [1.82, 2.24) is 9.78 Å². The van der Waals surface area contributed by atoms with Crippen LogP contribution in [0, 0.1) is 11.6 Å². The highest BCUT2D eigenvalue weighted by atomic mass is 19.2. The Morgan fingerprint density at radius 1 is 1.07 bits per heavy atom. The molecule has 6 nitrogen and oxygen atoms in total. The average molecular weight is 399 g/mol. The number of ketones is 1. The minimum atomic E-state index is -0.956. The van der Waals surface area contributed by atoms with Gasteiger partial charge in [0.2, 0.25) is 0 Å². The molecule has 0 saturated carbocycles. The van der Waals surface area contributed by atoms with Crippen LogP contribution < -0.4 is 14.8 Å². The third kappa shape index (κ3) is 4.06. The summed E-state index contributed by atoms with van der Waals surface area (Å²) in [5, 5.41) is 7.38. The van der Waals surface area contributed by atoms with Gasteiger partial charge in [0, 0.05) is 29.8 Å². The number of anilines is 2.